The number of aromatic amines is 1. The quantitative estimate of drug-likeness (QED) is 0.381. The highest BCUT2D eigenvalue weighted by molar-refractivity contribution is 6.07. The molecule has 1 saturated heterocycles. The molecule has 2 aliphatic rings. The zero-order chi connectivity index (χ0) is 32.6. The number of pyridine rings is 1. The van der Waals surface area contributed by atoms with E-state index in [2.05, 4.69) is 25.2 Å². The number of nitrogens with zero attached hydrogens (tertiary/aromatic N) is 5. The number of likely N-dealkylation sites (N-methyl/N-ethyl adjacent to an activating group) is 1. The number of hydrogen-bond acceptors (Lipinski definition) is 8. The van der Waals surface area contributed by atoms with Gasteiger partial charge in [0.1, 0.15) is 11.5 Å². The van der Waals surface area contributed by atoms with Gasteiger partial charge in [0, 0.05) is 56.6 Å². The van der Waals surface area contributed by atoms with Crippen molar-refractivity contribution in [2.45, 2.75) is 38.5 Å². The van der Waals surface area contributed by atoms with Gasteiger partial charge >= 0.3 is 6.18 Å². The molecule has 0 saturated carbocycles. The van der Waals surface area contributed by atoms with Crippen molar-refractivity contribution >= 4 is 28.8 Å². The Balaban J connectivity index is 1.55. The predicted molar refractivity (Wildman–Crippen MR) is 159 cm³/mol. The number of H-pyrrole nitrogens is 1. The summed E-state index contributed by atoms with van der Waals surface area (Å²) in [6, 6.07) is 1.30. The van der Waals surface area contributed by atoms with Gasteiger partial charge in [-0.25, -0.2) is 18.7 Å². The molecule has 5 rings (SSSR count). The molecule has 0 spiro atoms. The molecule has 2 atom stereocenters. The van der Waals surface area contributed by atoms with Gasteiger partial charge in [-0.1, -0.05) is 6.08 Å². The van der Waals surface area contributed by atoms with Crippen LogP contribution in [0.25, 0.3) is 5.57 Å². The standard InChI is InChI=1S/C30H32F5N7O3/c1-16-14-42(15-17(2)40(16)3)23-10-22(31)25(18-5-7-41(8-6-18)29-37-11-19(45-4)12-38-29)26(32)27(23)39-28(44)20-13-36-24(43)9-21(20)30(33,34)35/h5,9-13,16-17H,6-8,14-15H2,1-4H3,(H,36,43)(H,39,44)/t16-,17+. The molecule has 10 nitrogen and oxygen atoms in total. The van der Waals surface area contributed by atoms with Gasteiger partial charge in [0.15, 0.2) is 11.6 Å². The Morgan fingerprint density at radius 3 is 2.33 bits per heavy atom. The van der Waals surface area contributed by atoms with Gasteiger partial charge in [-0.05, 0) is 32.9 Å². The Bertz CT molecular complexity index is 1660. The van der Waals surface area contributed by atoms with Gasteiger partial charge in [0.2, 0.25) is 11.5 Å². The van der Waals surface area contributed by atoms with Crippen LogP contribution in [0.5, 0.6) is 5.75 Å². The van der Waals surface area contributed by atoms with E-state index in [0.717, 1.165) is 6.07 Å². The second kappa shape index (κ2) is 12.5. The van der Waals surface area contributed by atoms with Crippen molar-refractivity contribution in [1.82, 2.24) is 19.9 Å². The monoisotopic (exact) mass is 633 g/mol. The third kappa shape index (κ3) is 6.48. The van der Waals surface area contributed by atoms with Gasteiger partial charge in [-0.15, -0.1) is 0 Å². The van der Waals surface area contributed by atoms with Gasteiger partial charge in [-0.2, -0.15) is 13.2 Å². The molecule has 240 valence electrons. The average Bonchev–Trinajstić information content (AvgIpc) is 3.00. The highest BCUT2D eigenvalue weighted by Gasteiger charge is 2.37. The summed E-state index contributed by atoms with van der Waals surface area (Å²) in [5.74, 6) is -2.43. The molecule has 2 N–H and O–H groups in total. The van der Waals surface area contributed by atoms with Crippen LogP contribution in [0.1, 0.15) is 41.8 Å². The van der Waals surface area contributed by atoms with Crippen molar-refractivity contribution in [1.29, 1.82) is 0 Å². The van der Waals surface area contributed by atoms with Crippen LogP contribution in [0.15, 0.2) is 41.6 Å². The van der Waals surface area contributed by atoms with Crippen molar-refractivity contribution in [3.8, 4) is 5.75 Å². The highest BCUT2D eigenvalue weighted by Crippen LogP contribution is 2.40. The summed E-state index contributed by atoms with van der Waals surface area (Å²) in [7, 11) is 3.41. The van der Waals surface area contributed by atoms with Crippen LogP contribution in [0.2, 0.25) is 0 Å². The number of nitrogens with one attached hydrogen (secondary N) is 2. The molecule has 2 aromatic heterocycles. The molecule has 1 aromatic carbocycles. The van der Waals surface area contributed by atoms with Gasteiger partial charge < -0.3 is 24.8 Å². The number of carbonyl (C=O) groups is 1. The molecule has 45 heavy (non-hydrogen) atoms. The molecule has 1 fully saturated rings. The van der Waals surface area contributed by atoms with E-state index < -0.39 is 51.7 Å². The van der Waals surface area contributed by atoms with Crippen LogP contribution in [-0.4, -0.2) is 78.2 Å². The van der Waals surface area contributed by atoms with Crippen LogP contribution >= 0.6 is 0 Å². The second-order valence-electron chi connectivity index (χ2n) is 11.1. The minimum Gasteiger partial charge on any atom is -0.494 e. The van der Waals surface area contributed by atoms with E-state index >= 15 is 8.78 Å². The summed E-state index contributed by atoms with van der Waals surface area (Å²) in [5.41, 5.74) is -3.99. The zero-order valence-corrected chi connectivity index (χ0v) is 25.0. The molecule has 0 bridgehead atoms. The topological polar surface area (TPSA) is 107 Å². The van der Waals surface area contributed by atoms with E-state index in [-0.39, 0.29) is 36.8 Å². The number of anilines is 3. The fraction of sp³-hybridized carbons (Fsp3) is 0.400. The Hall–Kier alpha value is -4.53. The minimum atomic E-state index is -5.04. The first-order valence-electron chi connectivity index (χ1n) is 14.2. The van der Waals surface area contributed by atoms with E-state index in [9.17, 15) is 22.8 Å². The van der Waals surface area contributed by atoms with Crippen LogP contribution < -0.4 is 25.4 Å². The first kappa shape index (κ1) is 31.9. The molecule has 3 aromatic rings. The summed E-state index contributed by atoms with van der Waals surface area (Å²) >= 11 is 0. The number of rotatable bonds is 6. The maximum Gasteiger partial charge on any atom is 0.417 e. The fourth-order valence-electron chi connectivity index (χ4n) is 5.60. The van der Waals surface area contributed by atoms with E-state index in [4.69, 9.17) is 4.74 Å². The van der Waals surface area contributed by atoms with Crippen molar-refractivity contribution in [2.75, 3.05) is 55.5 Å². The third-order valence-corrected chi connectivity index (χ3v) is 8.27. The number of hydrogen-bond donors (Lipinski definition) is 2. The van der Waals surface area contributed by atoms with E-state index in [1.165, 1.54) is 19.5 Å². The lowest BCUT2D eigenvalue weighted by atomic mass is 9.96. The average molecular weight is 634 g/mol. The maximum atomic E-state index is 16.5. The summed E-state index contributed by atoms with van der Waals surface area (Å²) in [4.78, 5) is 41.1. The lowest BCUT2D eigenvalue weighted by Gasteiger charge is -2.44. The van der Waals surface area contributed by atoms with E-state index in [1.807, 2.05) is 20.9 Å². The van der Waals surface area contributed by atoms with Crippen molar-refractivity contribution < 1.29 is 31.5 Å². The summed E-state index contributed by atoms with van der Waals surface area (Å²) in [6.45, 7) is 5.10. The Morgan fingerprint density at radius 1 is 1.09 bits per heavy atom. The molecule has 0 unspecified atom stereocenters. The van der Waals surface area contributed by atoms with E-state index in [0.29, 0.717) is 43.1 Å². The van der Waals surface area contributed by atoms with Gasteiger partial charge in [0.25, 0.3) is 5.91 Å². The first-order valence-corrected chi connectivity index (χ1v) is 14.2. The number of methoxy groups -OCH3 is 1. The third-order valence-electron chi connectivity index (χ3n) is 8.27. The predicted octanol–water partition coefficient (Wildman–Crippen LogP) is 4.55. The molecule has 4 heterocycles. The van der Waals surface area contributed by atoms with Crippen LogP contribution in [-0.2, 0) is 6.18 Å². The number of aromatic nitrogens is 3. The largest absolute Gasteiger partial charge is 0.494 e. The lowest BCUT2D eigenvalue weighted by molar-refractivity contribution is -0.138. The van der Waals surface area contributed by atoms with Crippen LogP contribution in [0.3, 0.4) is 0 Å². The summed E-state index contributed by atoms with van der Waals surface area (Å²) in [6.07, 6.45) is 0.402. The van der Waals surface area contributed by atoms with Crippen molar-refractivity contribution in [3.05, 3.63) is 75.5 Å². The van der Waals surface area contributed by atoms with Gasteiger partial charge in [-0.3, -0.25) is 14.5 Å². The molecule has 1 amide bonds. The minimum absolute atomic E-state index is 0.00319. The molecular weight excluding hydrogens is 601 g/mol. The van der Waals surface area contributed by atoms with Crippen LogP contribution in [0.4, 0.5) is 39.3 Å². The lowest BCUT2D eigenvalue weighted by Crippen LogP contribution is -2.55. The van der Waals surface area contributed by atoms with E-state index in [1.54, 1.807) is 15.9 Å². The Kier molecular flexibility index (Phi) is 8.83. The second-order valence-corrected chi connectivity index (χ2v) is 11.1. The number of amides is 1. The molecule has 0 aliphatic carbocycles. The molecular formula is C30H32F5N7O3. The smallest absolute Gasteiger partial charge is 0.417 e. The molecule has 2 aliphatic heterocycles. The zero-order valence-electron chi connectivity index (χ0n) is 25.0. The number of halogens is 5. The highest BCUT2D eigenvalue weighted by atomic mass is 19.4. The maximum absolute atomic E-state index is 16.5. The molecule has 15 heteroatoms. The number of ether oxygens (including phenoxy) is 1. The number of benzene rings is 1. The Labute approximate surface area is 255 Å². The SMILES string of the molecule is COc1cnc(N2CC=C(c3c(F)cc(N4C[C@@H](C)N(C)[C@@H](C)C4)c(NC(=O)c4c[nH]c(=O)cc4C(F)(F)F)c3F)CC2)nc1. The summed E-state index contributed by atoms with van der Waals surface area (Å²) in [5, 5.41) is 2.29. The fourth-order valence-corrected chi connectivity index (χ4v) is 5.60. The summed E-state index contributed by atoms with van der Waals surface area (Å²) < 4.78 is 78.7. The normalized spacial score (nSPS) is 19.4. The van der Waals surface area contributed by atoms with Crippen molar-refractivity contribution in [3.63, 3.8) is 0 Å². The number of alkyl halides is 3. The number of carbonyl (C=O) groups excluding carboxylic acids is 1. The van der Waals surface area contributed by atoms with Crippen molar-refractivity contribution in [2.24, 2.45) is 0 Å². The molecule has 0 radical (unpaired) electrons. The number of piperazine rings is 1. The Morgan fingerprint density at radius 2 is 1.76 bits per heavy atom. The van der Waals surface area contributed by atoms with Gasteiger partial charge in [0.05, 0.1) is 41.9 Å². The van der Waals surface area contributed by atoms with Crippen LogP contribution in [0, 0.1) is 11.6 Å². The first-order chi connectivity index (χ1) is 21.3.